The number of nitrogens with zero attached hydrogens (tertiary/aromatic N) is 3. The molecule has 0 saturated heterocycles. The SMILES string of the molecule is c1ccc(Cc2nc3ccccn3n2)cc1. The van der Waals surface area contributed by atoms with Crippen LogP contribution in [-0.4, -0.2) is 14.6 Å². The number of aromatic nitrogens is 3. The molecular weight excluding hydrogens is 198 g/mol. The Bertz CT molecular complexity index is 566. The van der Waals surface area contributed by atoms with Gasteiger partial charge in [0.2, 0.25) is 0 Å². The van der Waals surface area contributed by atoms with Gasteiger partial charge in [0.15, 0.2) is 11.5 Å². The molecule has 16 heavy (non-hydrogen) atoms. The van der Waals surface area contributed by atoms with Crippen molar-refractivity contribution >= 4 is 5.65 Å². The van der Waals surface area contributed by atoms with Crippen LogP contribution in [0, 0.1) is 0 Å². The third-order valence-corrected chi connectivity index (χ3v) is 2.49. The quantitative estimate of drug-likeness (QED) is 0.648. The molecule has 0 bridgehead atoms. The Hall–Kier alpha value is -2.16. The van der Waals surface area contributed by atoms with Gasteiger partial charge < -0.3 is 0 Å². The molecule has 0 saturated carbocycles. The van der Waals surface area contributed by atoms with Gasteiger partial charge in [0.05, 0.1) is 0 Å². The first-order chi connectivity index (χ1) is 7.92. The number of fused-ring (bicyclic) bond motifs is 1. The summed E-state index contributed by atoms with van der Waals surface area (Å²) in [6, 6.07) is 16.1. The predicted molar refractivity (Wildman–Crippen MR) is 62.2 cm³/mol. The minimum atomic E-state index is 0.780. The van der Waals surface area contributed by atoms with Gasteiger partial charge in [-0.1, -0.05) is 36.4 Å². The molecule has 0 unspecified atom stereocenters. The van der Waals surface area contributed by atoms with Gasteiger partial charge in [0, 0.05) is 12.6 Å². The van der Waals surface area contributed by atoms with Crippen molar-refractivity contribution in [2.45, 2.75) is 6.42 Å². The number of hydrogen-bond acceptors (Lipinski definition) is 2. The van der Waals surface area contributed by atoms with E-state index < -0.39 is 0 Å². The Morgan fingerprint density at radius 3 is 2.56 bits per heavy atom. The maximum atomic E-state index is 4.46. The fraction of sp³-hybridized carbons (Fsp3) is 0.0769. The molecule has 0 radical (unpaired) electrons. The Morgan fingerprint density at radius 1 is 0.938 bits per heavy atom. The van der Waals surface area contributed by atoms with E-state index in [-0.39, 0.29) is 0 Å². The van der Waals surface area contributed by atoms with Gasteiger partial charge in [-0.2, -0.15) is 5.10 Å². The highest BCUT2D eigenvalue weighted by Crippen LogP contribution is 2.07. The Balaban J connectivity index is 1.95. The molecule has 3 nitrogen and oxygen atoms in total. The Morgan fingerprint density at radius 2 is 1.75 bits per heavy atom. The molecule has 3 rings (SSSR count). The van der Waals surface area contributed by atoms with Gasteiger partial charge in [-0.05, 0) is 17.7 Å². The van der Waals surface area contributed by atoms with Gasteiger partial charge in [-0.25, -0.2) is 9.50 Å². The third kappa shape index (κ3) is 1.67. The summed E-state index contributed by atoms with van der Waals surface area (Å²) in [5, 5.41) is 4.41. The highest BCUT2D eigenvalue weighted by atomic mass is 15.3. The van der Waals surface area contributed by atoms with E-state index >= 15 is 0 Å². The van der Waals surface area contributed by atoms with E-state index in [0.29, 0.717) is 0 Å². The maximum Gasteiger partial charge on any atom is 0.156 e. The molecule has 0 amide bonds. The second-order valence-corrected chi connectivity index (χ2v) is 3.69. The van der Waals surface area contributed by atoms with Gasteiger partial charge in [-0.15, -0.1) is 0 Å². The van der Waals surface area contributed by atoms with Crippen molar-refractivity contribution in [2.75, 3.05) is 0 Å². The van der Waals surface area contributed by atoms with E-state index in [1.54, 1.807) is 4.52 Å². The number of hydrogen-bond donors (Lipinski definition) is 0. The van der Waals surface area contributed by atoms with E-state index in [1.807, 2.05) is 42.6 Å². The molecule has 0 aliphatic heterocycles. The van der Waals surface area contributed by atoms with Crippen molar-refractivity contribution in [1.82, 2.24) is 14.6 Å². The average Bonchev–Trinajstić information content (AvgIpc) is 2.72. The summed E-state index contributed by atoms with van der Waals surface area (Å²) in [7, 11) is 0. The summed E-state index contributed by atoms with van der Waals surface area (Å²) < 4.78 is 1.80. The van der Waals surface area contributed by atoms with E-state index in [1.165, 1.54) is 5.56 Å². The van der Waals surface area contributed by atoms with Crippen molar-refractivity contribution in [1.29, 1.82) is 0 Å². The first-order valence-electron chi connectivity index (χ1n) is 5.26. The van der Waals surface area contributed by atoms with Crippen LogP contribution in [0.1, 0.15) is 11.4 Å². The second-order valence-electron chi connectivity index (χ2n) is 3.69. The molecule has 0 aliphatic rings. The summed E-state index contributed by atoms with van der Waals surface area (Å²) in [6.45, 7) is 0. The van der Waals surface area contributed by atoms with Crippen LogP contribution >= 0.6 is 0 Å². The first kappa shape index (κ1) is 9.09. The zero-order chi connectivity index (χ0) is 10.8. The molecule has 2 heterocycles. The maximum absolute atomic E-state index is 4.46. The average molecular weight is 209 g/mol. The summed E-state index contributed by atoms with van der Waals surface area (Å²) in [5.41, 5.74) is 2.13. The molecule has 0 spiro atoms. The van der Waals surface area contributed by atoms with Crippen LogP contribution in [0.3, 0.4) is 0 Å². The first-order valence-corrected chi connectivity index (χ1v) is 5.26. The smallest absolute Gasteiger partial charge is 0.156 e. The summed E-state index contributed by atoms with van der Waals surface area (Å²) in [6.07, 6.45) is 2.69. The standard InChI is InChI=1S/C13H11N3/c1-2-6-11(7-3-1)10-12-14-13-8-4-5-9-16(13)15-12/h1-9H,10H2. The molecule has 0 aliphatic carbocycles. The lowest BCUT2D eigenvalue weighted by molar-refractivity contribution is 0.900. The number of benzene rings is 1. The summed E-state index contributed by atoms with van der Waals surface area (Å²) in [5.74, 6) is 0.859. The third-order valence-electron chi connectivity index (χ3n) is 2.49. The molecule has 3 heteroatoms. The van der Waals surface area contributed by atoms with Crippen molar-refractivity contribution in [3.8, 4) is 0 Å². The van der Waals surface area contributed by atoms with Crippen LogP contribution in [0.15, 0.2) is 54.7 Å². The van der Waals surface area contributed by atoms with Crippen LogP contribution in [0.5, 0.6) is 0 Å². The number of rotatable bonds is 2. The molecule has 3 aromatic rings. The zero-order valence-corrected chi connectivity index (χ0v) is 8.74. The lowest BCUT2D eigenvalue weighted by atomic mass is 10.1. The monoisotopic (exact) mass is 209 g/mol. The van der Waals surface area contributed by atoms with Crippen molar-refractivity contribution in [3.05, 3.63) is 66.1 Å². The van der Waals surface area contributed by atoms with Crippen LogP contribution < -0.4 is 0 Å². The van der Waals surface area contributed by atoms with Crippen LogP contribution in [0.2, 0.25) is 0 Å². The van der Waals surface area contributed by atoms with Crippen molar-refractivity contribution in [2.24, 2.45) is 0 Å². The Labute approximate surface area is 93.4 Å². The summed E-state index contributed by atoms with van der Waals surface area (Å²) >= 11 is 0. The van der Waals surface area contributed by atoms with Crippen LogP contribution in [0.4, 0.5) is 0 Å². The largest absolute Gasteiger partial charge is 0.221 e. The minimum absolute atomic E-state index is 0.780. The zero-order valence-electron chi connectivity index (χ0n) is 8.74. The van der Waals surface area contributed by atoms with Gasteiger partial charge in [0.25, 0.3) is 0 Å². The highest BCUT2D eigenvalue weighted by molar-refractivity contribution is 5.37. The fourth-order valence-corrected chi connectivity index (χ4v) is 1.73. The summed E-state index contributed by atoms with van der Waals surface area (Å²) in [4.78, 5) is 4.46. The molecule has 2 aromatic heterocycles. The van der Waals surface area contributed by atoms with Crippen molar-refractivity contribution in [3.63, 3.8) is 0 Å². The lowest BCUT2D eigenvalue weighted by Crippen LogP contribution is -1.91. The van der Waals surface area contributed by atoms with Gasteiger partial charge >= 0.3 is 0 Å². The molecule has 0 N–H and O–H groups in total. The predicted octanol–water partition coefficient (Wildman–Crippen LogP) is 2.32. The lowest BCUT2D eigenvalue weighted by Gasteiger charge is -1.94. The number of pyridine rings is 1. The van der Waals surface area contributed by atoms with E-state index in [0.717, 1.165) is 17.9 Å². The highest BCUT2D eigenvalue weighted by Gasteiger charge is 2.03. The topological polar surface area (TPSA) is 30.2 Å². The normalized spacial score (nSPS) is 10.8. The Kier molecular flexibility index (Phi) is 2.14. The van der Waals surface area contributed by atoms with E-state index in [4.69, 9.17) is 0 Å². The fourth-order valence-electron chi connectivity index (χ4n) is 1.73. The van der Waals surface area contributed by atoms with E-state index in [2.05, 4.69) is 22.2 Å². The van der Waals surface area contributed by atoms with Crippen LogP contribution in [0.25, 0.3) is 5.65 Å². The van der Waals surface area contributed by atoms with Crippen molar-refractivity contribution < 1.29 is 0 Å². The molecule has 0 atom stereocenters. The second kappa shape index (κ2) is 3.77. The molecule has 78 valence electrons. The minimum Gasteiger partial charge on any atom is -0.221 e. The van der Waals surface area contributed by atoms with E-state index in [9.17, 15) is 0 Å². The molecule has 1 aromatic carbocycles. The molecule has 0 fully saturated rings. The molecular formula is C13H11N3. The van der Waals surface area contributed by atoms with Crippen LogP contribution in [-0.2, 0) is 6.42 Å². The van der Waals surface area contributed by atoms with Gasteiger partial charge in [-0.3, -0.25) is 0 Å². The van der Waals surface area contributed by atoms with Gasteiger partial charge in [0.1, 0.15) is 0 Å².